The second-order valence-electron chi connectivity index (χ2n) is 4.45. The number of hydrogen-bond acceptors (Lipinski definition) is 3. The lowest BCUT2D eigenvalue weighted by atomic mass is 10.3. The Balaban J connectivity index is 2.20. The van der Waals surface area contributed by atoms with E-state index in [0.717, 1.165) is 0 Å². The minimum atomic E-state index is -0.673. The van der Waals surface area contributed by atoms with Crippen LogP contribution < -0.4 is 0 Å². The summed E-state index contributed by atoms with van der Waals surface area (Å²) in [5, 5.41) is 0. The van der Waals surface area contributed by atoms with E-state index in [1.54, 1.807) is 0 Å². The van der Waals surface area contributed by atoms with Gasteiger partial charge in [0.2, 0.25) is 9.04 Å². The maximum atomic E-state index is 11.4. The Hall–Kier alpha value is -0.613. The summed E-state index contributed by atoms with van der Waals surface area (Å²) >= 11 is 0. The average molecular weight is 241 g/mol. The molecule has 0 atom stereocenters. The van der Waals surface area contributed by atoms with Gasteiger partial charge in [-0.3, -0.25) is 0 Å². The molecular weight excluding hydrogens is 220 g/mol. The molecule has 1 saturated heterocycles. The van der Waals surface area contributed by atoms with Crippen LogP contribution in [0.1, 0.15) is 33.1 Å². The molecule has 91 valence electrons. The van der Waals surface area contributed by atoms with Gasteiger partial charge in [-0.15, -0.1) is 0 Å². The fourth-order valence-corrected chi connectivity index (χ4v) is 3.84. The van der Waals surface area contributed by atoms with Crippen molar-refractivity contribution in [3.8, 4) is 0 Å². The van der Waals surface area contributed by atoms with Gasteiger partial charge >= 0.3 is 5.97 Å². The highest BCUT2D eigenvalue weighted by Gasteiger charge is 2.19. The third kappa shape index (κ3) is 4.94. The third-order valence-electron chi connectivity index (χ3n) is 2.49. The first-order valence-electron chi connectivity index (χ1n) is 5.96. The Morgan fingerprint density at radius 3 is 2.50 bits per heavy atom. The summed E-state index contributed by atoms with van der Waals surface area (Å²) in [5.41, 5.74) is 0.441. The second-order valence-corrected chi connectivity index (χ2v) is 6.81. The van der Waals surface area contributed by atoms with Gasteiger partial charge in [-0.05, 0) is 25.9 Å². The minimum absolute atomic E-state index is 0.0899. The van der Waals surface area contributed by atoms with Gasteiger partial charge in [0.05, 0.1) is 18.3 Å². The first kappa shape index (κ1) is 13.5. The van der Waals surface area contributed by atoms with Crippen molar-refractivity contribution in [1.29, 1.82) is 0 Å². The smallest absolute Gasteiger partial charge is 0.335 e. The average Bonchev–Trinajstić information content (AvgIpc) is 2.26. The monoisotopic (exact) mass is 241 g/mol. The van der Waals surface area contributed by atoms with E-state index in [0.29, 0.717) is 12.2 Å². The molecule has 0 aromatic rings. The van der Waals surface area contributed by atoms with Crippen LogP contribution in [0.2, 0.25) is 12.1 Å². The predicted octanol–water partition coefficient (Wildman–Crippen LogP) is 2.69. The fourth-order valence-electron chi connectivity index (χ4n) is 1.64. The molecule has 16 heavy (non-hydrogen) atoms. The zero-order chi connectivity index (χ0) is 12.0. The molecule has 0 N–H and O–H groups in total. The molecular formula is C12H21O3Si. The highest BCUT2D eigenvalue weighted by atomic mass is 28.3. The second kappa shape index (κ2) is 6.86. The molecule has 4 heteroatoms. The summed E-state index contributed by atoms with van der Waals surface area (Å²) in [5.74, 6) is -0.326. The van der Waals surface area contributed by atoms with Crippen LogP contribution in [0.3, 0.4) is 0 Å². The van der Waals surface area contributed by atoms with Crippen molar-refractivity contribution >= 4 is 15.0 Å². The molecule has 0 bridgehead atoms. The van der Waals surface area contributed by atoms with Gasteiger partial charge in [0.15, 0.2) is 0 Å². The number of esters is 1. The van der Waals surface area contributed by atoms with E-state index in [-0.39, 0.29) is 12.1 Å². The molecule has 0 unspecified atom stereocenters. The molecule has 0 aromatic heterocycles. The largest absolute Gasteiger partial charge is 0.460 e. The normalized spacial score (nSPS) is 17.4. The molecule has 1 aliphatic heterocycles. The zero-order valence-corrected chi connectivity index (χ0v) is 11.3. The lowest BCUT2D eigenvalue weighted by Gasteiger charge is -2.20. The topological polar surface area (TPSA) is 35.5 Å². The summed E-state index contributed by atoms with van der Waals surface area (Å²) < 4.78 is 10.8. The first-order chi connectivity index (χ1) is 7.59. The summed E-state index contributed by atoms with van der Waals surface area (Å²) in [6.45, 7) is 7.72. The molecule has 1 heterocycles. The zero-order valence-electron chi connectivity index (χ0n) is 10.3. The van der Waals surface area contributed by atoms with E-state index in [9.17, 15) is 4.79 Å². The molecule has 3 nitrogen and oxygen atoms in total. The lowest BCUT2D eigenvalue weighted by Crippen LogP contribution is -2.24. The molecule has 1 aliphatic rings. The summed E-state index contributed by atoms with van der Waals surface area (Å²) in [4.78, 5) is 11.4. The van der Waals surface area contributed by atoms with Gasteiger partial charge in [0.1, 0.15) is 0 Å². The molecule has 0 spiro atoms. The van der Waals surface area contributed by atoms with Crippen LogP contribution >= 0.6 is 0 Å². The third-order valence-corrected chi connectivity index (χ3v) is 4.87. The maximum Gasteiger partial charge on any atom is 0.335 e. The van der Waals surface area contributed by atoms with Crippen molar-refractivity contribution in [2.45, 2.75) is 51.3 Å². The van der Waals surface area contributed by atoms with Gasteiger partial charge in [-0.25, -0.2) is 4.79 Å². The Morgan fingerprint density at radius 2 is 1.94 bits per heavy atom. The quantitative estimate of drug-likeness (QED) is 0.422. The Morgan fingerprint density at radius 1 is 1.31 bits per heavy atom. The van der Waals surface area contributed by atoms with Crippen molar-refractivity contribution in [1.82, 2.24) is 0 Å². The van der Waals surface area contributed by atoms with Crippen molar-refractivity contribution < 1.29 is 14.0 Å². The summed E-state index contributed by atoms with van der Waals surface area (Å²) in [7, 11) is -0.673. The molecule has 0 amide bonds. The molecule has 1 radical (unpaired) electrons. The van der Waals surface area contributed by atoms with Crippen LogP contribution in [0.4, 0.5) is 0 Å². The highest BCUT2D eigenvalue weighted by molar-refractivity contribution is 6.52. The molecule has 1 rings (SSSR count). The van der Waals surface area contributed by atoms with E-state index in [1.807, 2.05) is 13.8 Å². The van der Waals surface area contributed by atoms with Crippen LogP contribution in [0, 0.1) is 0 Å². The number of hydrogen-bond donors (Lipinski definition) is 0. The summed E-state index contributed by atoms with van der Waals surface area (Å²) in [6, 6.07) is 2.41. The summed E-state index contributed by atoms with van der Waals surface area (Å²) in [6.07, 6.45) is 3.79. The van der Waals surface area contributed by atoms with E-state index >= 15 is 0 Å². The number of carbonyl (C=O) groups excluding carboxylic acids is 1. The molecule has 0 saturated carbocycles. The van der Waals surface area contributed by atoms with Crippen LogP contribution in [-0.2, 0) is 14.0 Å². The maximum absolute atomic E-state index is 11.4. The van der Waals surface area contributed by atoms with E-state index < -0.39 is 9.04 Å². The predicted molar refractivity (Wildman–Crippen MR) is 65.5 cm³/mol. The molecule has 0 aliphatic carbocycles. The Bertz CT molecular complexity index is 245. The van der Waals surface area contributed by atoms with Gasteiger partial charge in [0, 0.05) is 0 Å². The van der Waals surface area contributed by atoms with Gasteiger partial charge in [-0.1, -0.05) is 25.8 Å². The van der Waals surface area contributed by atoms with Gasteiger partial charge in [0.25, 0.3) is 0 Å². The Labute approximate surface area is 99.5 Å². The van der Waals surface area contributed by atoms with Gasteiger partial charge in [-0.2, -0.15) is 0 Å². The number of carbonyl (C=O) groups is 1. The van der Waals surface area contributed by atoms with Crippen LogP contribution in [0.5, 0.6) is 0 Å². The van der Waals surface area contributed by atoms with E-state index in [4.69, 9.17) is 9.16 Å². The SMILES string of the molecule is C=C(CO[Si]1CCCCC1)C(=O)OC(C)C. The van der Waals surface area contributed by atoms with Gasteiger partial charge < -0.3 is 9.16 Å². The molecule has 0 aromatic carbocycles. The minimum Gasteiger partial charge on any atom is -0.460 e. The lowest BCUT2D eigenvalue weighted by molar-refractivity contribution is -0.143. The number of ether oxygens (including phenoxy) is 1. The van der Waals surface area contributed by atoms with Crippen molar-refractivity contribution in [3.05, 3.63) is 12.2 Å². The number of rotatable bonds is 5. The highest BCUT2D eigenvalue weighted by Crippen LogP contribution is 2.19. The van der Waals surface area contributed by atoms with Crippen molar-refractivity contribution in [3.63, 3.8) is 0 Å². The van der Waals surface area contributed by atoms with Crippen LogP contribution in [-0.4, -0.2) is 27.7 Å². The van der Waals surface area contributed by atoms with Crippen molar-refractivity contribution in [2.24, 2.45) is 0 Å². The standard InChI is InChI=1S/C12H21O3Si/c1-10(2)15-12(13)11(3)9-14-16-7-5-4-6-8-16/h10H,3-9H2,1-2H3. The van der Waals surface area contributed by atoms with Crippen molar-refractivity contribution in [2.75, 3.05) is 6.61 Å². The van der Waals surface area contributed by atoms with Crippen LogP contribution in [0.25, 0.3) is 0 Å². The fraction of sp³-hybridized carbons (Fsp3) is 0.750. The molecule has 1 fully saturated rings. The first-order valence-corrected chi connectivity index (χ1v) is 7.78. The van der Waals surface area contributed by atoms with E-state index in [2.05, 4.69) is 6.58 Å². The Kier molecular flexibility index (Phi) is 5.77. The van der Waals surface area contributed by atoms with E-state index in [1.165, 1.54) is 31.4 Å². The van der Waals surface area contributed by atoms with Crippen LogP contribution in [0.15, 0.2) is 12.2 Å².